The first kappa shape index (κ1) is 22.9. The van der Waals surface area contributed by atoms with E-state index in [4.69, 9.17) is 9.88 Å². The van der Waals surface area contributed by atoms with Gasteiger partial charge in [-0.15, -0.1) is 0 Å². The Bertz CT molecular complexity index is 1410. The van der Waals surface area contributed by atoms with Gasteiger partial charge >= 0.3 is 0 Å². The fourth-order valence-corrected chi connectivity index (χ4v) is 5.93. The van der Waals surface area contributed by atoms with Gasteiger partial charge in [0.25, 0.3) is 15.9 Å². The molecular weight excluding hydrogens is 468 g/mol. The summed E-state index contributed by atoms with van der Waals surface area (Å²) in [6.45, 7) is -0.517. The first-order valence-electron chi connectivity index (χ1n) is 9.77. The Balaban J connectivity index is 1.54. The van der Waals surface area contributed by atoms with E-state index in [0.29, 0.717) is 6.42 Å². The van der Waals surface area contributed by atoms with Crippen molar-refractivity contribution in [2.24, 2.45) is 5.14 Å². The number of hydrogen-bond acceptors (Lipinski definition) is 7. The van der Waals surface area contributed by atoms with Gasteiger partial charge in [0, 0.05) is 12.0 Å². The van der Waals surface area contributed by atoms with Crippen LogP contribution >= 0.6 is 0 Å². The summed E-state index contributed by atoms with van der Waals surface area (Å²) in [5.74, 6) is -0.142. The minimum atomic E-state index is -4.57. The van der Waals surface area contributed by atoms with E-state index in [1.807, 2.05) is 29.0 Å². The number of benzene rings is 3. The predicted molar refractivity (Wildman–Crippen MR) is 118 cm³/mol. The summed E-state index contributed by atoms with van der Waals surface area (Å²) in [6, 6.07) is 17.1. The average Bonchev–Trinajstić information content (AvgIpc) is 3.22. The number of aliphatic hydroxyl groups excluding tert-OH is 1. The van der Waals surface area contributed by atoms with Gasteiger partial charge in [0.2, 0.25) is 10.0 Å². The number of hydrogen-bond donors (Lipinski definition) is 3. The van der Waals surface area contributed by atoms with Crippen molar-refractivity contribution in [3.63, 3.8) is 0 Å². The molecule has 1 amide bonds. The highest BCUT2D eigenvalue weighted by Crippen LogP contribution is 2.36. The van der Waals surface area contributed by atoms with Crippen molar-refractivity contribution < 1.29 is 31.5 Å². The summed E-state index contributed by atoms with van der Waals surface area (Å²) in [6.07, 6.45) is 0.460. The lowest BCUT2D eigenvalue weighted by atomic mass is 10.0. The summed E-state index contributed by atoms with van der Waals surface area (Å²) in [5, 5.41) is 14.3. The number of rotatable bonds is 6. The van der Waals surface area contributed by atoms with Gasteiger partial charge in [-0.05, 0) is 47.0 Å². The maximum absolute atomic E-state index is 12.8. The van der Waals surface area contributed by atoms with Crippen LogP contribution in [0.2, 0.25) is 0 Å². The lowest BCUT2D eigenvalue weighted by Gasteiger charge is -2.13. The molecule has 1 aliphatic heterocycles. The smallest absolute Gasteiger partial charge is 0.265 e. The van der Waals surface area contributed by atoms with Crippen molar-refractivity contribution in [2.75, 3.05) is 0 Å². The Kier molecular flexibility index (Phi) is 5.97. The molecule has 3 aromatic rings. The average molecular weight is 489 g/mol. The molecule has 0 aromatic heterocycles. The van der Waals surface area contributed by atoms with Gasteiger partial charge in [0.1, 0.15) is 21.6 Å². The van der Waals surface area contributed by atoms with Crippen LogP contribution in [0, 0.1) is 0 Å². The van der Waals surface area contributed by atoms with Crippen LogP contribution in [0.5, 0.6) is 5.75 Å². The summed E-state index contributed by atoms with van der Waals surface area (Å²) < 4.78 is 57.0. The summed E-state index contributed by atoms with van der Waals surface area (Å²) >= 11 is 0. The number of para-hydroxylation sites is 1. The highest BCUT2D eigenvalue weighted by atomic mass is 32.2. The van der Waals surface area contributed by atoms with Crippen LogP contribution in [0.1, 0.15) is 33.2 Å². The zero-order chi connectivity index (χ0) is 23.8. The van der Waals surface area contributed by atoms with E-state index in [1.165, 1.54) is 18.2 Å². The second-order valence-electron chi connectivity index (χ2n) is 7.46. The number of amides is 1. The number of primary sulfonamides is 1. The molecule has 0 radical (unpaired) electrons. The van der Waals surface area contributed by atoms with Gasteiger partial charge < -0.3 is 9.84 Å². The largest absolute Gasteiger partial charge is 0.485 e. The van der Waals surface area contributed by atoms with Crippen molar-refractivity contribution in [3.05, 3.63) is 89.0 Å². The zero-order valence-electron chi connectivity index (χ0n) is 17.1. The molecule has 0 fully saturated rings. The number of carbonyl (C=O) groups excluding carboxylic acids is 1. The number of aliphatic hydroxyl groups is 1. The molecule has 9 nitrogen and oxygen atoms in total. The van der Waals surface area contributed by atoms with Crippen molar-refractivity contribution in [1.82, 2.24) is 4.72 Å². The van der Waals surface area contributed by atoms with Crippen molar-refractivity contribution in [2.45, 2.75) is 28.9 Å². The van der Waals surface area contributed by atoms with E-state index in [9.17, 15) is 26.7 Å². The topological polar surface area (TPSA) is 153 Å². The van der Waals surface area contributed by atoms with E-state index in [2.05, 4.69) is 0 Å². The Labute approximate surface area is 190 Å². The van der Waals surface area contributed by atoms with E-state index in [0.717, 1.165) is 29.0 Å². The zero-order valence-corrected chi connectivity index (χ0v) is 18.8. The molecule has 0 aliphatic carbocycles. The molecule has 172 valence electrons. The molecule has 0 saturated carbocycles. The molecule has 1 unspecified atom stereocenters. The maximum atomic E-state index is 12.8. The van der Waals surface area contributed by atoms with Gasteiger partial charge in [-0.3, -0.25) is 4.79 Å². The van der Waals surface area contributed by atoms with E-state index >= 15 is 0 Å². The number of fused-ring (bicyclic) bond motifs is 1. The van der Waals surface area contributed by atoms with Gasteiger partial charge in [0.05, 0.1) is 6.61 Å². The van der Waals surface area contributed by atoms with Crippen LogP contribution in [0.3, 0.4) is 0 Å². The van der Waals surface area contributed by atoms with Crippen LogP contribution in [0.15, 0.2) is 76.5 Å². The lowest BCUT2D eigenvalue weighted by molar-refractivity contribution is 0.0981. The molecule has 4 N–H and O–H groups in total. The monoisotopic (exact) mass is 488 g/mol. The minimum absolute atomic E-state index is 0.0574. The van der Waals surface area contributed by atoms with Crippen LogP contribution in [-0.4, -0.2) is 27.8 Å². The van der Waals surface area contributed by atoms with Gasteiger partial charge in [-0.25, -0.2) is 26.7 Å². The Hall–Kier alpha value is -3.25. The van der Waals surface area contributed by atoms with Crippen molar-refractivity contribution in [1.29, 1.82) is 0 Å². The van der Waals surface area contributed by atoms with E-state index in [-0.39, 0.29) is 17.2 Å². The normalized spacial score (nSPS) is 15.5. The molecule has 1 atom stereocenters. The molecular formula is C22H20N2O7S2. The number of nitrogens with two attached hydrogens (primary N) is 1. The number of nitrogens with one attached hydrogen (secondary N) is 1. The SMILES string of the molecule is NS(=O)(=O)c1cc(CO)ccc1S(=O)(=O)NC(=O)c1ccc(C2Cc3ccccc3O2)cc1. The molecule has 0 bridgehead atoms. The summed E-state index contributed by atoms with van der Waals surface area (Å²) in [7, 11) is -9.02. The molecule has 1 aliphatic rings. The van der Waals surface area contributed by atoms with Gasteiger partial charge in [0.15, 0.2) is 0 Å². The van der Waals surface area contributed by atoms with E-state index in [1.54, 1.807) is 12.1 Å². The van der Waals surface area contributed by atoms with Crippen LogP contribution < -0.4 is 14.6 Å². The standard InChI is InChI=1S/C22H20N2O7S2/c23-32(27,28)21-11-14(13-25)5-10-20(21)33(29,30)24-22(26)16-8-6-15(7-9-16)19-12-17-3-1-2-4-18(17)31-19/h1-11,19,25H,12-13H2,(H,24,26)(H2,23,27,28). The molecule has 1 heterocycles. The minimum Gasteiger partial charge on any atom is -0.485 e. The van der Waals surface area contributed by atoms with Crippen molar-refractivity contribution in [3.8, 4) is 5.75 Å². The summed E-state index contributed by atoms with van der Waals surface area (Å²) in [5.41, 5.74) is 2.10. The third-order valence-corrected chi connectivity index (χ3v) is 7.67. The van der Waals surface area contributed by atoms with Crippen LogP contribution in [0.4, 0.5) is 0 Å². The van der Waals surface area contributed by atoms with Crippen molar-refractivity contribution >= 4 is 26.0 Å². The molecule has 11 heteroatoms. The predicted octanol–water partition coefficient (Wildman–Crippen LogP) is 1.62. The third-order valence-electron chi connectivity index (χ3n) is 5.21. The Morgan fingerprint density at radius 3 is 2.33 bits per heavy atom. The third kappa shape index (κ3) is 4.76. The second kappa shape index (κ2) is 8.60. The molecule has 33 heavy (non-hydrogen) atoms. The van der Waals surface area contributed by atoms with E-state index < -0.39 is 42.4 Å². The number of ether oxygens (including phenoxy) is 1. The first-order chi connectivity index (χ1) is 15.6. The fourth-order valence-electron chi connectivity index (χ4n) is 3.55. The maximum Gasteiger partial charge on any atom is 0.265 e. The number of sulfonamides is 2. The second-order valence-corrected chi connectivity index (χ2v) is 10.6. The highest BCUT2D eigenvalue weighted by molar-refractivity contribution is 7.92. The summed E-state index contributed by atoms with van der Waals surface area (Å²) in [4.78, 5) is 11.2. The molecule has 0 spiro atoms. The lowest BCUT2D eigenvalue weighted by Crippen LogP contribution is -2.32. The number of carbonyl (C=O) groups is 1. The molecule has 4 rings (SSSR count). The van der Waals surface area contributed by atoms with Gasteiger partial charge in [-0.1, -0.05) is 36.4 Å². The highest BCUT2D eigenvalue weighted by Gasteiger charge is 2.28. The molecule has 3 aromatic carbocycles. The Morgan fingerprint density at radius 1 is 1.00 bits per heavy atom. The van der Waals surface area contributed by atoms with Gasteiger partial charge in [-0.2, -0.15) is 0 Å². The Morgan fingerprint density at radius 2 is 1.70 bits per heavy atom. The van der Waals surface area contributed by atoms with Crippen LogP contribution in [-0.2, 0) is 33.1 Å². The molecule has 0 saturated heterocycles. The first-order valence-corrected chi connectivity index (χ1v) is 12.8. The van der Waals surface area contributed by atoms with Crippen LogP contribution in [0.25, 0.3) is 0 Å². The quantitative estimate of drug-likeness (QED) is 0.477. The fraction of sp³-hybridized carbons (Fsp3) is 0.136.